The Kier molecular flexibility index (Phi) is 2.58. The van der Waals surface area contributed by atoms with Gasteiger partial charge < -0.3 is 14.8 Å². The van der Waals surface area contributed by atoms with Crippen LogP contribution in [-0.2, 0) is 9.53 Å². The third-order valence-corrected chi connectivity index (χ3v) is 5.02. The maximum Gasteiger partial charge on any atom is 0.265 e. The monoisotopic (exact) mass is 273 g/mol. The molecule has 2 aliphatic heterocycles. The molecule has 0 aromatic heterocycles. The number of carbonyl (C=O) groups excluding carboxylic acids is 1. The van der Waals surface area contributed by atoms with Crippen LogP contribution in [0, 0.1) is 5.41 Å². The van der Waals surface area contributed by atoms with Crippen LogP contribution in [0.4, 0.5) is 5.69 Å². The smallest absolute Gasteiger partial charge is 0.265 e. The van der Waals surface area contributed by atoms with Crippen molar-refractivity contribution in [3.05, 3.63) is 23.8 Å². The molecule has 1 aromatic carbocycles. The fraction of sp³-hybridized carbons (Fsp3) is 0.562. The third kappa shape index (κ3) is 1.82. The minimum atomic E-state index is -0.408. The zero-order valence-corrected chi connectivity index (χ0v) is 11.6. The van der Waals surface area contributed by atoms with Crippen molar-refractivity contribution >= 4 is 11.6 Å². The predicted molar refractivity (Wildman–Crippen MR) is 75.0 cm³/mol. The van der Waals surface area contributed by atoms with Crippen molar-refractivity contribution in [2.45, 2.75) is 38.2 Å². The van der Waals surface area contributed by atoms with Crippen LogP contribution in [-0.4, -0.2) is 25.2 Å². The Balaban J connectivity index is 1.59. The summed E-state index contributed by atoms with van der Waals surface area (Å²) in [5.41, 5.74) is 2.60. The summed E-state index contributed by atoms with van der Waals surface area (Å²) in [5, 5.41) is 2.88. The van der Waals surface area contributed by atoms with Crippen molar-refractivity contribution in [1.82, 2.24) is 0 Å². The van der Waals surface area contributed by atoms with E-state index in [-0.39, 0.29) is 5.91 Å². The van der Waals surface area contributed by atoms with Gasteiger partial charge in [0.25, 0.3) is 5.91 Å². The molecule has 2 fully saturated rings. The molecule has 0 bridgehead atoms. The highest BCUT2D eigenvalue weighted by molar-refractivity contribution is 5.97. The first-order chi connectivity index (χ1) is 9.68. The maximum atomic E-state index is 11.6. The Morgan fingerprint density at radius 2 is 2.10 bits per heavy atom. The molecule has 1 spiro atoms. The first-order valence-corrected chi connectivity index (χ1v) is 7.37. The zero-order valence-electron chi connectivity index (χ0n) is 11.6. The number of hydrogen-bond donors (Lipinski definition) is 1. The van der Waals surface area contributed by atoms with Gasteiger partial charge in [-0.3, -0.25) is 4.79 Å². The van der Waals surface area contributed by atoms with Crippen LogP contribution in [0.3, 0.4) is 0 Å². The Labute approximate surface area is 118 Å². The standard InChI is InChI=1S/C16H19NO3/c1-10-15(18)17-13-3-2-11(8-14(13)20-10)12-9-16(12)4-6-19-7-5-16/h2-3,8,10,12H,4-7,9H2,1H3,(H,17,18). The summed E-state index contributed by atoms with van der Waals surface area (Å²) in [6.45, 7) is 3.57. The molecular weight excluding hydrogens is 254 g/mol. The Morgan fingerprint density at radius 1 is 1.30 bits per heavy atom. The molecule has 1 saturated heterocycles. The number of nitrogens with one attached hydrogen (secondary N) is 1. The van der Waals surface area contributed by atoms with Gasteiger partial charge in [-0.25, -0.2) is 0 Å². The summed E-state index contributed by atoms with van der Waals surface area (Å²) >= 11 is 0. The van der Waals surface area contributed by atoms with Crippen molar-refractivity contribution in [2.24, 2.45) is 5.41 Å². The lowest BCUT2D eigenvalue weighted by Gasteiger charge is -2.25. The number of anilines is 1. The van der Waals surface area contributed by atoms with Gasteiger partial charge in [0, 0.05) is 13.2 Å². The zero-order chi connectivity index (χ0) is 13.7. The number of ether oxygens (including phenoxy) is 2. The Morgan fingerprint density at radius 3 is 2.90 bits per heavy atom. The van der Waals surface area contributed by atoms with Crippen LogP contribution in [0.1, 0.15) is 37.7 Å². The van der Waals surface area contributed by atoms with Gasteiger partial charge in [0.15, 0.2) is 6.10 Å². The van der Waals surface area contributed by atoms with Crippen LogP contribution in [0.2, 0.25) is 0 Å². The van der Waals surface area contributed by atoms with Crippen molar-refractivity contribution < 1.29 is 14.3 Å². The molecule has 2 unspecified atom stereocenters. The largest absolute Gasteiger partial charge is 0.479 e. The summed E-state index contributed by atoms with van der Waals surface area (Å²) in [7, 11) is 0. The number of rotatable bonds is 1. The van der Waals surface area contributed by atoms with Crippen molar-refractivity contribution in [3.63, 3.8) is 0 Å². The van der Waals surface area contributed by atoms with Crippen molar-refractivity contribution in [3.8, 4) is 5.75 Å². The average Bonchev–Trinajstić information content (AvgIpc) is 3.14. The number of hydrogen-bond acceptors (Lipinski definition) is 3. The normalized spacial score (nSPS) is 30.4. The van der Waals surface area contributed by atoms with E-state index in [0.717, 1.165) is 24.7 Å². The van der Waals surface area contributed by atoms with E-state index in [0.29, 0.717) is 11.3 Å². The van der Waals surface area contributed by atoms with Crippen LogP contribution in [0.15, 0.2) is 18.2 Å². The quantitative estimate of drug-likeness (QED) is 0.855. The van der Waals surface area contributed by atoms with Gasteiger partial charge in [0.2, 0.25) is 0 Å². The molecule has 4 nitrogen and oxygen atoms in total. The summed E-state index contributed by atoms with van der Waals surface area (Å²) in [6.07, 6.45) is 3.19. The summed E-state index contributed by atoms with van der Waals surface area (Å²) < 4.78 is 11.2. The van der Waals surface area contributed by atoms with E-state index in [2.05, 4.69) is 17.4 Å². The van der Waals surface area contributed by atoms with Gasteiger partial charge in [0.05, 0.1) is 5.69 Å². The van der Waals surface area contributed by atoms with E-state index < -0.39 is 6.10 Å². The van der Waals surface area contributed by atoms with Gasteiger partial charge in [-0.05, 0) is 55.2 Å². The lowest BCUT2D eigenvalue weighted by molar-refractivity contribution is -0.122. The van der Waals surface area contributed by atoms with Crippen molar-refractivity contribution in [1.29, 1.82) is 0 Å². The lowest BCUT2D eigenvalue weighted by Crippen LogP contribution is -2.34. The van der Waals surface area contributed by atoms with E-state index in [9.17, 15) is 4.79 Å². The lowest BCUT2D eigenvalue weighted by atomic mass is 9.91. The molecule has 20 heavy (non-hydrogen) atoms. The maximum absolute atomic E-state index is 11.6. The average molecular weight is 273 g/mol. The Bertz CT molecular complexity index is 563. The van der Waals surface area contributed by atoms with Gasteiger partial charge in [-0.2, -0.15) is 0 Å². The van der Waals surface area contributed by atoms with E-state index in [1.807, 2.05) is 6.07 Å². The van der Waals surface area contributed by atoms with Gasteiger partial charge in [-0.15, -0.1) is 0 Å². The van der Waals surface area contributed by atoms with E-state index >= 15 is 0 Å². The molecular formula is C16H19NO3. The molecule has 3 aliphatic rings. The highest BCUT2D eigenvalue weighted by atomic mass is 16.5. The minimum absolute atomic E-state index is 0.0717. The van der Waals surface area contributed by atoms with E-state index in [4.69, 9.17) is 9.47 Å². The van der Waals surface area contributed by atoms with Gasteiger partial charge >= 0.3 is 0 Å². The van der Waals surface area contributed by atoms with Crippen LogP contribution >= 0.6 is 0 Å². The fourth-order valence-electron chi connectivity index (χ4n) is 3.58. The predicted octanol–water partition coefficient (Wildman–Crippen LogP) is 2.69. The number of fused-ring (bicyclic) bond motifs is 1. The second-order valence-corrected chi connectivity index (χ2v) is 6.24. The molecule has 1 saturated carbocycles. The first kappa shape index (κ1) is 12.2. The highest BCUT2D eigenvalue weighted by Crippen LogP contribution is 2.65. The Hall–Kier alpha value is -1.55. The SMILES string of the molecule is CC1Oc2cc(C3CC34CCOCC4)ccc2NC1=O. The summed E-state index contributed by atoms with van der Waals surface area (Å²) in [4.78, 5) is 11.6. The molecule has 2 atom stereocenters. The highest BCUT2D eigenvalue weighted by Gasteiger charge is 2.54. The number of benzene rings is 1. The van der Waals surface area contributed by atoms with E-state index in [1.54, 1.807) is 6.92 Å². The van der Waals surface area contributed by atoms with Crippen molar-refractivity contribution in [2.75, 3.05) is 18.5 Å². The molecule has 1 aromatic rings. The minimum Gasteiger partial charge on any atom is -0.479 e. The summed E-state index contributed by atoms with van der Waals surface area (Å²) in [5.74, 6) is 1.37. The molecule has 4 rings (SSSR count). The van der Waals surface area contributed by atoms with E-state index in [1.165, 1.54) is 24.8 Å². The number of amides is 1. The van der Waals surface area contributed by atoms with Crippen LogP contribution in [0.5, 0.6) is 5.75 Å². The summed E-state index contributed by atoms with van der Waals surface area (Å²) in [6, 6.07) is 6.22. The van der Waals surface area contributed by atoms with Crippen LogP contribution < -0.4 is 10.1 Å². The second kappa shape index (κ2) is 4.22. The van der Waals surface area contributed by atoms with Gasteiger partial charge in [-0.1, -0.05) is 6.07 Å². The molecule has 1 aliphatic carbocycles. The molecule has 2 heterocycles. The molecule has 1 N–H and O–H groups in total. The first-order valence-electron chi connectivity index (χ1n) is 7.37. The molecule has 106 valence electrons. The van der Waals surface area contributed by atoms with Crippen LogP contribution in [0.25, 0.3) is 0 Å². The molecule has 4 heteroatoms. The third-order valence-electron chi connectivity index (χ3n) is 5.02. The molecule has 0 radical (unpaired) electrons. The second-order valence-electron chi connectivity index (χ2n) is 6.24. The number of carbonyl (C=O) groups is 1. The topological polar surface area (TPSA) is 47.6 Å². The van der Waals surface area contributed by atoms with Gasteiger partial charge in [0.1, 0.15) is 5.75 Å². The fourth-order valence-corrected chi connectivity index (χ4v) is 3.58. The molecule has 1 amide bonds.